The Kier molecular flexibility index (Phi) is 13.9. The molecule has 0 spiro atoms. The maximum Gasteiger partial charge on any atom is 0.414 e. The lowest BCUT2D eigenvalue weighted by Crippen LogP contribution is -2.49. The Balaban J connectivity index is 0.000000208. The van der Waals surface area contributed by atoms with Gasteiger partial charge in [-0.15, -0.1) is 0 Å². The lowest BCUT2D eigenvalue weighted by molar-refractivity contribution is 0.0389. The van der Waals surface area contributed by atoms with Crippen molar-refractivity contribution in [2.24, 2.45) is 11.8 Å². The number of carbonyl (C=O) groups excluding carboxylic acids is 1. The standard InChI is InChI=1S/2C23H30N2O2/c1-23(2,3)27-22(26)25(17-18-10-6-4-7-11-18)21-14-20(15-24-16-21)19-12-8-5-9-13-19;1-23(2,3)25(22(26)27)21(18-12-8-5-9-13-18)20-14-19(15-24-16-20)17-10-6-4-7-11-17/h5,8-9,12-16,18H,4,6-7,10-11,17H2,1-3H3;4,6-7,10-11,14-16,18,21H,5,8-9,12-13H2,1-3H3,(H,26,27). The molecule has 2 heterocycles. The maximum atomic E-state index is 13.0. The molecule has 4 aromatic rings. The summed E-state index contributed by atoms with van der Waals surface area (Å²) in [5.41, 5.74) is 5.04. The van der Waals surface area contributed by atoms with E-state index in [1.807, 2.05) is 103 Å². The van der Waals surface area contributed by atoms with Gasteiger partial charge in [0.2, 0.25) is 0 Å². The number of aromatic nitrogens is 2. The highest BCUT2D eigenvalue weighted by molar-refractivity contribution is 5.88. The van der Waals surface area contributed by atoms with Crippen LogP contribution in [0.15, 0.2) is 97.6 Å². The first kappa shape index (κ1) is 40.5. The highest BCUT2D eigenvalue weighted by atomic mass is 16.6. The van der Waals surface area contributed by atoms with Crippen LogP contribution in [0.1, 0.15) is 117 Å². The zero-order valence-electron chi connectivity index (χ0n) is 33.2. The van der Waals surface area contributed by atoms with Crippen molar-refractivity contribution in [3.05, 3.63) is 103 Å². The summed E-state index contributed by atoms with van der Waals surface area (Å²) >= 11 is 0. The van der Waals surface area contributed by atoms with E-state index in [4.69, 9.17) is 4.74 Å². The van der Waals surface area contributed by atoms with Crippen molar-refractivity contribution in [2.45, 2.75) is 123 Å². The Labute approximate surface area is 323 Å². The summed E-state index contributed by atoms with van der Waals surface area (Å²) in [6, 6.07) is 24.3. The molecule has 8 heteroatoms. The summed E-state index contributed by atoms with van der Waals surface area (Å²) in [7, 11) is 0. The molecule has 2 amide bonds. The smallest absolute Gasteiger partial charge is 0.414 e. The number of hydrogen-bond donors (Lipinski definition) is 1. The number of carbonyl (C=O) groups is 2. The maximum absolute atomic E-state index is 13.0. The molecule has 1 atom stereocenters. The van der Waals surface area contributed by atoms with Gasteiger partial charge in [0.1, 0.15) is 5.60 Å². The molecule has 0 radical (unpaired) electrons. The van der Waals surface area contributed by atoms with Gasteiger partial charge in [-0.1, -0.05) is 99.2 Å². The first-order chi connectivity index (χ1) is 25.8. The fourth-order valence-corrected chi connectivity index (χ4v) is 7.91. The van der Waals surface area contributed by atoms with Crippen LogP contribution < -0.4 is 4.90 Å². The van der Waals surface area contributed by atoms with Gasteiger partial charge in [-0.25, -0.2) is 9.59 Å². The third-order valence-electron chi connectivity index (χ3n) is 10.4. The van der Waals surface area contributed by atoms with Gasteiger partial charge in [0.15, 0.2) is 0 Å². The van der Waals surface area contributed by atoms with E-state index in [2.05, 4.69) is 40.3 Å². The van der Waals surface area contributed by atoms with Crippen molar-refractivity contribution in [1.29, 1.82) is 0 Å². The summed E-state index contributed by atoms with van der Waals surface area (Å²) in [5.74, 6) is 0.855. The first-order valence-corrected chi connectivity index (χ1v) is 19.8. The Morgan fingerprint density at radius 1 is 0.704 bits per heavy atom. The molecule has 8 nitrogen and oxygen atoms in total. The monoisotopic (exact) mass is 732 g/mol. The van der Waals surface area contributed by atoms with Crippen LogP contribution in [0.4, 0.5) is 15.3 Å². The first-order valence-electron chi connectivity index (χ1n) is 19.8. The second-order valence-electron chi connectivity index (χ2n) is 16.9. The predicted molar refractivity (Wildman–Crippen MR) is 218 cm³/mol. The Morgan fingerprint density at radius 3 is 1.74 bits per heavy atom. The van der Waals surface area contributed by atoms with Crippen molar-refractivity contribution in [3.8, 4) is 22.3 Å². The van der Waals surface area contributed by atoms with Gasteiger partial charge >= 0.3 is 12.2 Å². The van der Waals surface area contributed by atoms with Crippen LogP contribution in [0.3, 0.4) is 0 Å². The van der Waals surface area contributed by atoms with E-state index in [1.54, 1.807) is 16.0 Å². The summed E-state index contributed by atoms with van der Waals surface area (Å²) in [6.07, 6.45) is 18.0. The number of pyridine rings is 2. The van der Waals surface area contributed by atoms with Crippen molar-refractivity contribution in [3.63, 3.8) is 0 Å². The normalized spacial score (nSPS) is 16.0. The number of amides is 2. The number of carboxylic acid groups (broad SMARTS) is 1. The number of ether oxygens (including phenoxy) is 1. The van der Waals surface area contributed by atoms with Gasteiger partial charge < -0.3 is 9.84 Å². The van der Waals surface area contributed by atoms with Crippen LogP contribution in [0.25, 0.3) is 22.3 Å². The Morgan fingerprint density at radius 2 is 1.22 bits per heavy atom. The molecule has 2 fully saturated rings. The van der Waals surface area contributed by atoms with E-state index in [-0.39, 0.29) is 12.1 Å². The van der Waals surface area contributed by atoms with Crippen molar-refractivity contribution in [1.82, 2.24) is 14.9 Å². The number of benzene rings is 2. The van der Waals surface area contributed by atoms with Crippen LogP contribution in [0, 0.1) is 11.8 Å². The van der Waals surface area contributed by atoms with Gasteiger partial charge in [-0.2, -0.15) is 0 Å². The Hall–Kier alpha value is -4.72. The molecule has 2 aromatic heterocycles. The highest BCUT2D eigenvalue weighted by Crippen LogP contribution is 2.42. The average Bonchev–Trinajstić information content (AvgIpc) is 3.16. The molecule has 1 N–H and O–H groups in total. The van der Waals surface area contributed by atoms with Crippen LogP contribution in [-0.2, 0) is 4.74 Å². The summed E-state index contributed by atoms with van der Waals surface area (Å²) in [5, 5.41) is 10.1. The van der Waals surface area contributed by atoms with E-state index in [9.17, 15) is 14.7 Å². The van der Waals surface area contributed by atoms with Crippen LogP contribution >= 0.6 is 0 Å². The van der Waals surface area contributed by atoms with E-state index in [0.29, 0.717) is 18.4 Å². The molecule has 0 bridgehead atoms. The summed E-state index contributed by atoms with van der Waals surface area (Å²) < 4.78 is 5.70. The van der Waals surface area contributed by atoms with Crippen molar-refractivity contribution >= 4 is 17.9 Å². The van der Waals surface area contributed by atoms with Crippen LogP contribution in [0.5, 0.6) is 0 Å². The van der Waals surface area contributed by atoms with E-state index in [1.165, 1.54) is 51.4 Å². The molecule has 6 rings (SSSR count). The number of nitrogens with zero attached hydrogens (tertiary/aromatic N) is 4. The lowest BCUT2D eigenvalue weighted by Gasteiger charge is -2.44. The molecular formula is C46H60N4O4. The molecule has 0 aliphatic heterocycles. The van der Waals surface area contributed by atoms with Gasteiger partial charge in [-0.05, 0) is 108 Å². The SMILES string of the molecule is CC(C)(C)N(C(=O)O)C(c1cncc(-c2ccccc2)c1)C1CCCCC1.CC(C)(C)OC(=O)N(CC1CCCCC1)c1cncc(-c2ccccc2)c1. The Bertz CT molecular complexity index is 1770. The molecule has 2 aromatic carbocycles. The van der Waals surface area contributed by atoms with Gasteiger partial charge in [-0.3, -0.25) is 19.8 Å². The third kappa shape index (κ3) is 11.4. The quantitative estimate of drug-likeness (QED) is 0.194. The molecular weight excluding hydrogens is 673 g/mol. The minimum Gasteiger partial charge on any atom is -0.465 e. The minimum absolute atomic E-state index is 0.168. The number of rotatable bonds is 8. The van der Waals surface area contributed by atoms with E-state index in [0.717, 1.165) is 46.3 Å². The second kappa shape index (κ2) is 18.5. The summed E-state index contributed by atoms with van der Waals surface area (Å²) in [4.78, 5) is 37.5. The zero-order chi connectivity index (χ0) is 38.7. The molecule has 2 aliphatic carbocycles. The fourth-order valence-electron chi connectivity index (χ4n) is 7.91. The average molecular weight is 733 g/mol. The van der Waals surface area contributed by atoms with Crippen molar-refractivity contribution < 1.29 is 19.4 Å². The molecule has 2 aliphatic rings. The van der Waals surface area contributed by atoms with Gasteiger partial charge in [0, 0.05) is 41.8 Å². The zero-order valence-corrected chi connectivity index (χ0v) is 33.2. The largest absolute Gasteiger partial charge is 0.465 e. The minimum atomic E-state index is -0.858. The topological polar surface area (TPSA) is 95.9 Å². The van der Waals surface area contributed by atoms with Gasteiger partial charge in [0.05, 0.1) is 17.9 Å². The molecule has 288 valence electrons. The van der Waals surface area contributed by atoms with E-state index >= 15 is 0 Å². The highest BCUT2D eigenvalue weighted by Gasteiger charge is 2.39. The summed E-state index contributed by atoms with van der Waals surface area (Å²) in [6.45, 7) is 12.3. The lowest BCUT2D eigenvalue weighted by atomic mass is 9.79. The fraction of sp³-hybridized carbons (Fsp3) is 0.478. The van der Waals surface area contributed by atoms with Gasteiger partial charge in [0.25, 0.3) is 0 Å². The second-order valence-corrected chi connectivity index (χ2v) is 16.9. The van der Waals surface area contributed by atoms with Crippen molar-refractivity contribution in [2.75, 3.05) is 11.4 Å². The number of hydrogen-bond acceptors (Lipinski definition) is 5. The van der Waals surface area contributed by atoms with Crippen LogP contribution in [0.2, 0.25) is 0 Å². The number of anilines is 1. The predicted octanol–water partition coefficient (Wildman–Crippen LogP) is 12.2. The molecule has 1 unspecified atom stereocenters. The molecule has 2 saturated carbocycles. The van der Waals surface area contributed by atoms with E-state index < -0.39 is 17.2 Å². The third-order valence-corrected chi connectivity index (χ3v) is 10.4. The molecule has 54 heavy (non-hydrogen) atoms. The van der Waals surface area contributed by atoms with Crippen LogP contribution in [-0.4, -0.2) is 49.8 Å². The molecule has 0 saturated heterocycles.